The minimum absolute atomic E-state index is 0.632. The molecular weight excluding hydrogens is 264 g/mol. The largest absolute Gasteiger partial charge is 0.377 e. The van der Waals surface area contributed by atoms with Gasteiger partial charge < -0.3 is 10.1 Å². The van der Waals surface area contributed by atoms with Gasteiger partial charge in [0.15, 0.2) is 5.65 Å². The first-order valence-electron chi connectivity index (χ1n) is 7.06. The van der Waals surface area contributed by atoms with E-state index < -0.39 is 0 Å². The predicted molar refractivity (Wildman–Crippen MR) is 82.1 cm³/mol. The summed E-state index contributed by atoms with van der Waals surface area (Å²) in [5, 5.41) is 7.65. The predicted octanol–water partition coefficient (Wildman–Crippen LogP) is 2.88. The van der Waals surface area contributed by atoms with E-state index in [1.54, 1.807) is 4.52 Å². The van der Waals surface area contributed by atoms with E-state index in [0.29, 0.717) is 19.1 Å². The lowest BCUT2D eigenvalue weighted by atomic mass is 10.1. The monoisotopic (exact) mass is 282 g/mol. The highest BCUT2D eigenvalue weighted by atomic mass is 16.5. The number of nitrogens with one attached hydrogen (secondary N) is 1. The molecule has 0 amide bonds. The number of nitrogens with zero attached hydrogens (tertiary/aromatic N) is 3. The van der Waals surface area contributed by atoms with Gasteiger partial charge in [-0.1, -0.05) is 30.3 Å². The van der Waals surface area contributed by atoms with E-state index in [1.807, 2.05) is 43.5 Å². The molecule has 0 aliphatic carbocycles. The van der Waals surface area contributed by atoms with Gasteiger partial charge in [0.05, 0.1) is 6.61 Å². The highest BCUT2D eigenvalue weighted by Crippen LogP contribution is 2.12. The highest BCUT2D eigenvalue weighted by Gasteiger charge is 2.05. The molecule has 0 radical (unpaired) electrons. The first-order chi connectivity index (χ1) is 10.4. The Bertz CT molecular complexity index is 690. The van der Waals surface area contributed by atoms with E-state index in [-0.39, 0.29) is 0 Å². The Balaban J connectivity index is 1.72. The third-order valence-electron chi connectivity index (χ3n) is 3.26. The zero-order valence-electron chi connectivity index (χ0n) is 12.0. The van der Waals surface area contributed by atoms with E-state index >= 15 is 0 Å². The smallest absolute Gasteiger partial charge is 0.243 e. The van der Waals surface area contributed by atoms with Crippen LogP contribution in [0.25, 0.3) is 5.65 Å². The molecule has 3 rings (SSSR count). The van der Waals surface area contributed by atoms with Gasteiger partial charge in [-0.3, -0.25) is 0 Å². The van der Waals surface area contributed by atoms with E-state index in [2.05, 4.69) is 27.5 Å². The molecule has 3 aromatic rings. The Kier molecular flexibility index (Phi) is 4.12. The van der Waals surface area contributed by atoms with Crippen LogP contribution in [-0.2, 0) is 17.9 Å². The number of fused-ring (bicyclic) bond motifs is 1. The summed E-state index contributed by atoms with van der Waals surface area (Å²) in [5.41, 5.74) is 3.23. The molecule has 0 bridgehead atoms. The fourth-order valence-electron chi connectivity index (χ4n) is 2.16. The molecule has 1 aromatic carbocycles. The van der Waals surface area contributed by atoms with Gasteiger partial charge in [-0.2, -0.15) is 4.98 Å². The van der Waals surface area contributed by atoms with Crippen molar-refractivity contribution in [3.05, 3.63) is 59.8 Å². The molecule has 21 heavy (non-hydrogen) atoms. The number of hydrogen-bond acceptors (Lipinski definition) is 4. The normalized spacial score (nSPS) is 10.9. The van der Waals surface area contributed by atoms with Gasteiger partial charge in [-0.15, -0.1) is 5.10 Å². The van der Waals surface area contributed by atoms with E-state index in [1.165, 1.54) is 11.1 Å². The van der Waals surface area contributed by atoms with Gasteiger partial charge in [-0.05, 0) is 30.2 Å². The molecule has 2 aromatic heterocycles. The second-order valence-corrected chi connectivity index (χ2v) is 4.70. The molecule has 5 heteroatoms. The lowest BCUT2D eigenvalue weighted by Gasteiger charge is -2.09. The minimum Gasteiger partial charge on any atom is -0.377 e. The van der Waals surface area contributed by atoms with Crippen LogP contribution in [0.4, 0.5) is 5.95 Å². The van der Waals surface area contributed by atoms with Crippen molar-refractivity contribution < 1.29 is 4.74 Å². The molecule has 0 aliphatic heterocycles. The molecule has 0 unspecified atom stereocenters. The van der Waals surface area contributed by atoms with Gasteiger partial charge in [-0.25, -0.2) is 4.52 Å². The van der Waals surface area contributed by atoms with Crippen LogP contribution in [0.3, 0.4) is 0 Å². The summed E-state index contributed by atoms with van der Waals surface area (Å²) in [7, 11) is 0. The van der Waals surface area contributed by atoms with Crippen LogP contribution < -0.4 is 5.32 Å². The Labute approximate surface area is 123 Å². The first-order valence-corrected chi connectivity index (χ1v) is 7.06. The van der Waals surface area contributed by atoms with Crippen molar-refractivity contribution in [1.82, 2.24) is 14.6 Å². The van der Waals surface area contributed by atoms with Gasteiger partial charge in [0.25, 0.3) is 0 Å². The molecule has 2 heterocycles. The lowest BCUT2D eigenvalue weighted by Crippen LogP contribution is -2.05. The fourth-order valence-corrected chi connectivity index (χ4v) is 2.16. The topological polar surface area (TPSA) is 51.5 Å². The molecule has 1 N–H and O–H groups in total. The van der Waals surface area contributed by atoms with E-state index in [4.69, 9.17) is 4.74 Å². The number of anilines is 1. The highest BCUT2D eigenvalue weighted by molar-refractivity contribution is 5.43. The first kappa shape index (κ1) is 13.6. The zero-order valence-corrected chi connectivity index (χ0v) is 12.0. The van der Waals surface area contributed by atoms with Crippen molar-refractivity contribution in [3.8, 4) is 0 Å². The van der Waals surface area contributed by atoms with Crippen LogP contribution in [0.5, 0.6) is 0 Å². The van der Waals surface area contributed by atoms with Crippen LogP contribution in [0.1, 0.15) is 18.1 Å². The summed E-state index contributed by atoms with van der Waals surface area (Å²) in [4.78, 5) is 4.43. The van der Waals surface area contributed by atoms with Gasteiger partial charge in [0.1, 0.15) is 0 Å². The zero-order chi connectivity index (χ0) is 14.5. The average Bonchev–Trinajstić information content (AvgIpc) is 2.94. The number of ether oxygens (including phenoxy) is 1. The SMILES string of the molecule is CCOCc1ccccc1CNc1nc2ccccn2n1. The number of aromatic nitrogens is 3. The Hall–Kier alpha value is -2.40. The molecule has 0 spiro atoms. The molecule has 108 valence electrons. The third kappa shape index (κ3) is 3.20. The summed E-state index contributed by atoms with van der Waals surface area (Å²) < 4.78 is 7.26. The quantitative estimate of drug-likeness (QED) is 0.755. The minimum atomic E-state index is 0.632. The maximum atomic E-state index is 5.50. The number of pyridine rings is 1. The van der Waals surface area contributed by atoms with Crippen molar-refractivity contribution in [2.75, 3.05) is 11.9 Å². The molecule has 0 aliphatic rings. The number of hydrogen-bond donors (Lipinski definition) is 1. The van der Waals surface area contributed by atoms with Crippen molar-refractivity contribution in [2.24, 2.45) is 0 Å². The van der Waals surface area contributed by atoms with Gasteiger partial charge in [0.2, 0.25) is 5.95 Å². The standard InChI is InChI=1S/C16H18N4O/c1-2-21-12-14-8-4-3-7-13(14)11-17-16-18-15-9-5-6-10-20(15)19-16/h3-10H,2,11-12H2,1H3,(H,17,19). The van der Waals surface area contributed by atoms with Gasteiger partial charge >= 0.3 is 0 Å². The number of benzene rings is 1. The molecule has 5 nitrogen and oxygen atoms in total. The fraction of sp³-hybridized carbons (Fsp3) is 0.250. The summed E-state index contributed by atoms with van der Waals surface area (Å²) in [6.45, 7) is 4.03. The van der Waals surface area contributed by atoms with Gasteiger partial charge in [0, 0.05) is 19.3 Å². The summed E-state index contributed by atoms with van der Waals surface area (Å²) in [5.74, 6) is 0.632. The molecular formula is C16H18N4O. The molecule has 0 atom stereocenters. The number of rotatable bonds is 6. The van der Waals surface area contributed by atoms with Crippen molar-refractivity contribution >= 4 is 11.6 Å². The Morgan fingerprint density at radius 2 is 1.90 bits per heavy atom. The summed E-state index contributed by atoms with van der Waals surface area (Å²) >= 11 is 0. The van der Waals surface area contributed by atoms with E-state index in [9.17, 15) is 0 Å². The van der Waals surface area contributed by atoms with Crippen LogP contribution in [0.2, 0.25) is 0 Å². The van der Waals surface area contributed by atoms with Crippen molar-refractivity contribution in [2.45, 2.75) is 20.1 Å². The maximum Gasteiger partial charge on any atom is 0.243 e. The molecule has 0 saturated carbocycles. The molecule has 0 saturated heterocycles. The Morgan fingerprint density at radius 1 is 1.10 bits per heavy atom. The van der Waals surface area contributed by atoms with Crippen LogP contribution >= 0.6 is 0 Å². The lowest BCUT2D eigenvalue weighted by molar-refractivity contribution is 0.133. The van der Waals surface area contributed by atoms with E-state index in [0.717, 1.165) is 12.3 Å². The van der Waals surface area contributed by atoms with Crippen molar-refractivity contribution in [1.29, 1.82) is 0 Å². The van der Waals surface area contributed by atoms with Crippen molar-refractivity contribution in [3.63, 3.8) is 0 Å². The van der Waals surface area contributed by atoms with Crippen LogP contribution in [0, 0.1) is 0 Å². The third-order valence-corrected chi connectivity index (χ3v) is 3.26. The second kappa shape index (κ2) is 6.37. The molecule has 0 fully saturated rings. The Morgan fingerprint density at radius 3 is 2.71 bits per heavy atom. The van der Waals surface area contributed by atoms with Crippen LogP contribution in [0.15, 0.2) is 48.7 Å². The summed E-state index contributed by atoms with van der Waals surface area (Å²) in [6.07, 6.45) is 1.89. The summed E-state index contributed by atoms with van der Waals surface area (Å²) in [6, 6.07) is 14.1. The average molecular weight is 282 g/mol. The van der Waals surface area contributed by atoms with Crippen LogP contribution in [-0.4, -0.2) is 21.2 Å². The maximum absolute atomic E-state index is 5.50. The second-order valence-electron chi connectivity index (χ2n) is 4.70.